The van der Waals surface area contributed by atoms with Gasteiger partial charge in [-0.1, -0.05) is 6.07 Å². The molecule has 0 saturated carbocycles. The lowest BCUT2D eigenvalue weighted by atomic mass is 10.1. The first-order valence-electron chi connectivity index (χ1n) is 7.81. The fourth-order valence-corrected chi connectivity index (χ4v) is 3.44. The summed E-state index contributed by atoms with van der Waals surface area (Å²) in [6.07, 6.45) is 6.39. The summed E-state index contributed by atoms with van der Waals surface area (Å²) in [7, 11) is 4.14. The van der Waals surface area contributed by atoms with Gasteiger partial charge >= 0.3 is 0 Å². The number of amides is 1. The average molecular weight is 330 g/mol. The fraction of sp³-hybridized carbons (Fsp3) is 0.412. The molecule has 23 heavy (non-hydrogen) atoms. The predicted molar refractivity (Wildman–Crippen MR) is 93.2 cm³/mol. The maximum absolute atomic E-state index is 12.5. The van der Waals surface area contributed by atoms with Gasteiger partial charge in [-0.25, -0.2) is 0 Å². The Kier molecular flexibility index (Phi) is 4.93. The molecule has 2 aromatic rings. The van der Waals surface area contributed by atoms with Crippen LogP contribution in [-0.2, 0) is 11.3 Å². The second-order valence-electron chi connectivity index (χ2n) is 6.08. The molecule has 2 aromatic heterocycles. The van der Waals surface area contributed by atoms with E-state index in [2.05, 4.69) is 28.8 Å². The van der Waals surface area contributed by atoms with E-state index < -0.39 is 0 Å². The van der Waals surface area contributed by atoms with Gasteiger partial charge in [-0.3, -0.25) is 9.48 Å². The number of carbonyl (C=O) groups is 1. The topological polar surface area (TPSA) is 41.4 Å². The van der Waals surface area contributed by atoms with E-state index in [1.807, 2.05) is 40.8 Å². The molecular weight excluding hydrogens is 308 g/mol. The van der Waals surface area contributed by atoms with Crippen LogP contribution in [0.1, 0.15) is 23.0 Å². The molecule has 0 radical (unpaired) electrons. The first kappa shape index (κ1) is 16.0. The molecule has 0 unspecified atom stereocenters. The smallest absolute Gasteiger partial charge is 0.247 e. The van der Waals surface area contributed by atoms with Crippen molar-refractivity contribution in [1.29, 1.82) is 0 Å². The minimum Gasteiger partial charge on any atom is -0.331 e. The predicted octanol–water partition coefficient (Wildman–Crippen LogP) is 2.49. The van der Waals surface area contributed by atoms with Crippen LogP contribution in [0.25, 0.3) is 6.08 Å². The average Bonchev–Trinajstić information content (AvgIpc) is 3.20. The summed E-state index contributed by atoms with van der Waals surface area (Å²) in [6, 6.07) is 6.26. The first-order chi connectivity index (χ1) is 11.1. The Morgan fingerprint density at radius 1 is 1.48 bits per heavy atom. The molecule has 0 fully saturated rings. The number of hydrogen-bond acceptors (Lipinski definition) is 4. The largest absolute Gasteiger partial charge is 0.331 e. The van der Waals surface area contributed by atoms with Crippen LogP contribution in [0.2, 0.25) is 0 Å². The van der Waals surface area contributed by atoms with Crippen LogP contribution in [0, 0.1) is 0 Å². The molecule has 1 aliphatic heterocycles. The van der Waals surface area contributed by atoms with E-state index >= 15 is 0 Å². The minimum absolute atomic E-state index is 0.0701. The van der Waals surface area contributed by atoms with E-state index in [0.717, 1.165) is 30.1 Å². The van der Waals surface area contributed by atoms with Crippen molar-refractivity contribution in [3.8, 4) is 0 Å². The summed E-state index contributed by atoms with van der Waals surface area (Å²) in [4.78, 5) is 17.7. The molecule has 0 aromatic carbocycles. The molecule has 1 atom stereocenters. The zero-order valence-corrected chi connectivity index (χ0v) is 14.4. The van der Waals surface area contributed by atoms with Crippen LogP contribution in [0.15, 0.2) is 35.9 Å². The number of rotatable bonds is 5. The monoisotopic (exact) mass is 330 g/mol. The molecule has 3 rings (SSSR count). The Bertz CT molecular complexity index is 675. The van der Waals surface area contributed by atoms with E-state index in [1.54, 1.807) is 17.4 Å². The number of nitrogens with zero attached hydrogens (tertiary/aromatic N) is 4. The molecule has 3 heterocycles. The highest BCUT2D eigenvalue weighted by molar-refractivity contribution is 7.10. The van der Waals surface area contributed by atoms with Gasteiger partial charge in [-0.2, -0.15) is 5.10 Å². The number of hydrogen-bond donors (Lipinski definition) is 0. The molecule has 1 amide bonds. The molecule has 122 valence electrons. The van der Waals surface area contributed by atoms with Crippen LogP contribution in [0.3, 0.4) is 0 Å². The molecular formula is C17H22N4OS. The molecule has 0 bridgehead atoms. The Morgan fingerprint density at radius 2 is 2.35 bits per heavy atom. The summed E-state index contributed by atoms with van der Waals surface area (Å²) < 4.78 is 2.08. The minimum atomic E-state index is 0.0701. The molecule has 0 saturated heterocycles. The first-order valence-corrected chi connectivity index (χ1v) is 8.69. The highest BCUT2D eigenvalue weighted by Gasteiger charge is 2.27. The molecule has 5 nitrogen and oxygen atoms in total. The van der Waals surface area contributed by atoms with Crippen molar-refractivity contribution in [2.45, 2.75) is 19.0 Å². The van der Waals surface area contributed by atoms with E-state index in [0.29, 0.717) is 6.54 Å². The standard InChI is InChI=1S/C17H22N4OS/c1-19(2)10-8-15-13-20(12-14-7-9-18-21(14)15)17(22)6-5-16-4-3-11-23-16/h3-7,9,11,15H,8,10,12-13H2,1-2H3/b6-5+/t15-/m1/s1. The molecule has 0 N–H and O–H groups in total. The van der Waals surface area contributed by atoms with E-state index in [4.69, 9.17) is 0 Å². The second-order valence-corrected chi connectivity index (χ2v) is 7.06. The van der Waals surface area contributed by atoms with Gasteiger partial charge in [-0.15, -0.1) is 11.3 Å². The van der Waals surface area contributed by atoms with Crippen molar-refractivity contribution < 1.29 is 4.79 Å². The number of thiophene rings is 1. The number of fused-ring (bicyclic) bond motifs is 1. The van der Waals surface area contributed by atoms with Crippen molar-refractivity contribution in [3.05, 3.63) is 46.4 Å². The second kappa shape index (κ2) is 7.10. The van der Waals surface area contributed by atoms with Gasteiger partial charge in [0.2, 0.25) is 5.91 Å². The summed E-state index contributed by atoms with van der Waals surface area (Å²) in [5.74, 6) is 0.0701. The molecule has 0 aliphatic carbocycles. The van der Waals surface area contributed by atoms with Crippen LogP contribution in [0.4, 0.5) is 0 Å². The van der Waals surface area contributed by atoms with Gasteiger partial charge in [0.25, 0.3) is 0 Å². The van der Waals surface area contributed by atoms with E-state index in [1.165, 1.54) is 0 Å². The van der Waals surface area contributed by atoms with Crippen molar-refractivity contribution in [2.75, 3.05) is 27.2 Å². The third kappa shape index (κ3) is 3.89. The summed E-state index contributed by atoms with van der Waals surface area (Å²) in [5, 5.41) is 6.46. The lowest BCUT2D eigenvalue weighted by Gasteiger charge is -2.34. The van der Waals surface area contributed by atoms with Crippen molar-refractivity contribution in [2.24, 2.45) is 0 Å². The Morgan fingerprint density at radius 3 is 3.09 bits per heavy atom. The van der Waals surface area contributed by atoms with Crippen LogP contribution >= 0.6 is 11.3 Å². The Hall–Kier alpha value is -1.92. The maximum atomic E-state index is 12.5. The third-order valence-electron chi connectivity index (χ3n) is 4.04. The number of aromatic nitrogens is 2. The highest BCUT2D eigenvalue weighted by Crippen LogP contribution is 2.23. The normalized spacial score (nSPS) is 17.9. The highest BCUT2D eigenvalue weighted by atomic mass is 32.1. The van der Waals surface area contributed by atoms with Gasteiger partial charge in [0.15, 0.2) is 0 Å². The van der Waals surface area contributed by atoms with E-state index in [9.17, 15) is 4.79 Å². The Balaban J connectivity index is 1.70. The zero-order valence-electron chi connectivity index (χ0n) is 13.6. The van der Waals surface area contributed by atoms with Crippen molar-refractivity contribution >= 4 is 23.3 Å². The third-order valence-corrected chi connectivity index (χ3v) is 4.87. The fourth-order valence-electron chi connectivity index (χ4n) is 2.82. The summed E-state index contributed by atoms with van der Waals surface area (Å²) in [5.41, 5.74) is 1.11. The quantitative estimate of drug-likeness (QED) is 0.791. The molecule has 0 spiro atoms. The van der Waals surface area contributed by atoms with Gasteiger partial charge < -0.3 is 9.80 Å². The maximum Gasteiger partial charge on any atom is 0.247 e. The Labute approximate surface area is 140 Å². The lowest BCUT2D eigenvalue weighted by molar-refractivity contribution is -0.128. The number of carbonyl (C=O) groups excluding carboxylic acids is 1. The lowest BCUT2D eigenvalue weighted by Crippen LogP contribution is -2.41. The molecule has 1 aliphatic rings. The summed E-state index contributed by atoms with van der Waals surface area (Å²) >= 11 is 1.64. The molecule has 6 heteroatoms. The van der Waals surface area contributed by atoms with Gasteiger partial charge in [-0.05, 0) is 50.6 Å². The van der Waals surface area contributed by atoms with E-state index in [-0.39, 0.29) is 11.9 Å². The van der Waals surface area contributed by atoms with Gasteiger partial charge in [0, 0.05) is 23.7 Å². The van der Waals surface area contributed by atoms with Gasteiger partial charge in [0.1, 0.15) is 0 Å². The van der Waals surface area contributed by atoms with Crippen molar-refractivity contribution in [1.82, 2.24) is 19.6 Å². The van der Waals surface area contributed by atoms with Crippen molar-refractivity contribution in [3.63, 3.8) is 0 Å². The van der Waals surface area contributed by atoms with Crippen LogP contribution in [-0.4, -0.2) is 52.7 Å². The van der Waals surface area contributed by atoms with Crippen LogP contribution < -0.4 is 0 Å². The van der Waals surface area contributed by atoms with Crippen LogP contribution in [0.5, 0.6) is 0 Å². The van der Waals surface area contributed by atoms with Gasteiger partial charge in [0.05, 0.1) is 18.3 Å². The SMILES string of the molecule is CN(C)CC[C@@H]1CN(C(=O)/C=C/c2cccs2)Cc2ccnn21. The zero-order chi connectivity index (χ0) is 16.2. The summed E-state index contributed by atoms with van der Waals surface area (Å²) in [6.45, 7) is 2.33.